The first-order chi connectivity index (χ1) is 7.57. The normalized spacial score (nSPS) is 14.8. The summed E-state index contributed by atoms with van der Waals surface area (Å²) in [7, 11) is 1.76. The van der Waals surface area contributed by atoms with Gasteiger partial charge >= 0.3 is 0 Å². The summed E-state index contributed by atoms with van der Waals surface area (Å²) in [6.45, 7) is 2.12. The summed E-state index contributed by atoms with van der Waals surface area (Å²) in [5.41, 5.74) is 0.662. The Morgan fingerprint density at radius 1 is 1.50 bits per heavy atom. The van der Waals surface area contributed by atoms with Crippen LogP contribution < -0.4 is 5.32 Å². The van der Waals surface area contributed by atoms with Gasteiger partial charge in [0, 0.05) is 11.8 Å². The molecule has 4 nitrogen and oxygen atoms in total. The van der Waals surface area contributed by atoms with Crippen molar-refractivity contribution in [3.8, 4) is 0 Å². The van der Waals surface area contributed by atoms with Gasteiger partial charge < -0.3 is 15.5 Å². The molecule has 5 heteroatoms. The van der Waals surface area contributed by atoms with Gasteiger partial charge in [-0.05, 0) is 38.6 Å². The fourth-order valence-corrected chi connectivity index (χ4v) is 1.50. The summed E-state index contributed by atoms with van der Waals surface area (Å²) < 4.78 is 13.1. The van der Waals surface area contributed by atoms with Crippen molar-refractivity contribution in [2.45, 2.75) is 25.6 Å². The topological polar surface area (TPSA) is 65.4 Å². The van der Waals surface area contributed by atoms with Crippen molar-refractivity contribution in [1.82, 2.24) is 10.3 Å². The molecule has 0 bridgehead atoms. The van der Waals surface area contributed by atoms with Crippen LogP contribution in [0.25, 0.3) is 0 Å². The molecule has 0 aliphatic carbocycles. The summed E-state index contributed by atoms with van der Waals surface area (Å²) in [4.78, 5) is 3.47. The lowest BCUT2D eigenvalue weighted by Crippen LogP contribution is -2.24. The minimum absolute atomic E-state index is 0.276. The molecule has 16 heavy (non-hydrogen) atoms. The average molecular weight is 228 g/mol. The molecule has 90 valence electrons. The van der Waals surface area contributed by atoms with Gasteiger partial charge in [0.05, 0.1) is 6.10 Å². The molecule has 0 aliphatic rings. The summed E-state index contributed by atoms with van der Waals surface area (Å²) in [5.74, 6) is -0.614. The number of hydrogen-bond donors (Lipinski definition) is 3. The number of nitrogens with one attached hydrogen (secondary N) is 1. The van der Waals surface area contributed by atoms with Crippen LogP contribution in [0, 0.1) is 12.9 Å². The Bertz CT molecular complexity index is 347. The lowest BCUT2D eigenvalue weighted by molar-refractivity contribution is 0.0134. The first kappa shape index (κ1) is 13.0. The molecule has 2 atom stereocenters. The number of aliphatic hydroxyl groups is 2. The number of pyridine rings is 1. The third-order valence-corrected chi connectivity index (χ3v) is 2.56. The number of hydrogen-bond acceptors (Lipinski definition) is 4. The Hall–Kier alpha value is -1.04. The van der Waals surface area contributed by atoms with E-state index in [4.69, 9.17) is 0 Å². The summed E-state index contributed by atoms with van der Waals surface area (Å²) in [5, 5.41) is 22.4. The van der Waals surface area contributed by atoms with Crippen molar-refractivity contribution in [2.75, 3.05) is 13.6 Å². The van der Waals surface area contributed by atoms with Gasteiger partial charge in [-0.15, -0.1) is 0 Å². The predicted molar refractivity (Wildman–Crippen MR) is 58.4 cm³/mol. The zero-order chi connectivity index (χ0) is 12.1. The van der Waals surface area contributed by atoms with E-state index in [9.17, 15) is 14.6 Å². The Balaban J connectivity index is 2.79. The molecule has 1 rings (SSSR count). The van der Waals surface area contributed by atoms with Crippen molar-refractivity contribution in [1.29, 1.82) is 0 Å². The molecule has 1 aromatic heterocycles. The number of aromatic nitrogens is 1. The van der Waals surface area contributed by atoms with Crippen molar-refractivity contribution >= 4 is 0 Å². The second-order valence-electron chi connectivity index (χ2n) is 3.72. The Kier molecular flexibility index (Phi) is 4.79. The summed E-state index contributed by atoms with van der Waals surface area (Å²) >= 11 is 0. The van der Waals surface area contributed by atoms with Crippen LogP contribution in [-0.2, 0) is 0 Å². The van der Waals surface area contributed by atoms with Crippen molar-refractivity contribution in [3.63, 3.8) is 0 Å². The van der Waals surface area contributed by atoms with Crippen LogP contribution in [0.1, 0.15) is 23.7 Å². The molecule has 0 aliphatic heterocycles. The van der Waals surface area contributed by atoms with Gasteiger partial charge in [0.1, 0.15) is 6.10 Å². The van der Waals surface area contributed by atoms with Crippen LogP contribution in [0.2, 0.25) is 0 Å². The lowest BCUT2D eigenvalue weighted by Gasteiger charge is -2.19. The lowest BCUT2D eigenvalue weighted by atomic mass is 9.99. The minimum Gasteiger partial charge on any atom is -0.390 e. The predicted octanol–water partition coefficient (Wildman–Crippen LogP) is 0.533. The SMILES string of the molecule is CNCCC(O)C(O)c1ccnc(F)c1C. The minimum atomic E-state index is -1.08. The third kappa shape index (κ3) is 2.98. The smallest absolute Gasteiger partial charge is 0.216 e. The molecule has 0 fully saturated rings. The fourth-order valence-electron chi connectivity index (χ4n) is 1.50. The van der Waals surface area contributed by atoms with Gasteiger partial charge in [-0.1, -0.05) is 0 Å². The first-order valence-corrected chi connectivity index (χ1v) is 5.19. The molecule has 0 saturated carbocycles. The zero-order valence-corrected chi connectivity index (χ0v) is 9.44. The second-order valence-corrected chi connectivity index (χ2v) is 3.72. The Morgan fingerprint density at radius 3 is 2.81 bits per heavy atom. The van der Waals surface area contributed by atoms with Gasteiger partial charge in [-0.3, -0.25) is 0 Å². The van der Waals surface area contributed by atoms with Gasteiger partial charge in [0.2, 0.25) is 5.95 Å². The van der Waals surface area contributed by atoms with E-state index in [0.29, 0.717) is 18.5 Å². The summed E-state index contributed by atoms with van der Waals surface area (Å²) in [6, 6.07) is 1.52. The zero-order valence-electron chi connectivity index (χ0n) is 9.44. The molecule has 1 aromatic rings. The monoisotopic (exact) mass is 228 g/mol. The molecule has 0 amide bonds. The number of nitrogens with zero attached hydrogens (tertiary/aromatic N) is 1. The highest BCUT2D eigenvalue weighted by Crippen LogP contribution is 2.22. The average Bonchev–Trinajstić information content (AvgIpc) is 2.28. The molecule has 1 heterocycles. The molecule has 2 unspecified atom stereocenters. The van der Waals surface area contributed by atoms with E-state index in [0.717, 1.165) is 0 Å². The molecule has 0 radical (unpaired) electrons. The van der Waals surface area contributed by atoms with E-state index in [1.54, 1.807) is 7.05 Å². The Morgan fingerprint density at radius 2 is 2.19 bits per heavy atom. The van der Waals surface area contributed by atoms with Crippen LogP contribution in [0.4, 0.5) is 4.39 Å². The molecule has 3 N–H and O–H groups in total. The molecule has 0 spiro atoms. The number of rotatable bonds is 5. The van der Waals surface area contributed by atoms with Gasteiger partial charge in [0.15, 0.2) is 0 Å². The highest BCUT2D eigenvalue weighted by molar-refractivity contribution is 5.25. The standard InChI is InChI=1S/C11H17FN2O2/c1-7-8(3-6-14-11(7)12)10(16)9(15)4-5-13-2/h3,6,9-10,13,15-16H,4-5H2,1-2H3. The van der Waals surface area contributed by atoms with Gasteiger partial charge in [-0.25, -0.2) is 4.98 Å². The van der Waals surface area contributed by atoms with Crippen LogP contribution >= 0.6 is 0 Å². The van der Waals surface area contributed by atoms with E-state index < -0.39 is 18.2 Å². The maximum absolute atomic E-state index is 13.1. The third-order valence-electron chi connectivity index (χ3n) is 2.56. The van der Waals surface area contributed by atoms with Crippen LogP contribution in [0.3, 0.4) is 0 Å². The molecule has 0 saturated heterocycles. The van der Waals surface area contributed by atoms with Crippen molar-refractivity contribution in [3.05, 3.63) is 29.3 Å². The van der Waals surface area contributed by atoms with Gasteiger partial charge in [-0.2, -0.15) is 4.39 Å². The van der Waals surface area contributed by atoms with E-state index >= 15 is 0 Å². The first-order valence-electron chi connectivity index (χ1n) is 5.19. The van der Waals surface area contributed by atoms with E-state index in [1.165, 1.54) is 19.2 Å². The molecular weight excluding hydrogens is 211 g/mol. The maximum Gasteiger partial charge on any atom is 0.216 e. The largest absolute Gasteiger partial charge is 0.390 e. The highest BCUT2D eigenvalue weighted by atomic mass is 19.1. The van der Waals surface area contributed by atoms with Crippen LogP contribution in [0.5, 0.6) is 0 Å². The van der Waals surface area contributed by atoms with Crippen molar-refractivity contribution < 1.29 is 14.6 Å². The second kappa shape index (κ2) is 5.89. The van der Waals surface area contributed by atoms with Crippen molar-refractivity contribution in [2.24, 2.45) is 0 Å². The van der Waals surface area contributed by atoms with E-state index in [-0.39, 0.29) is 5.56 Å². The summed E-state index contributed by atoms with van der Waals surface area (Å²) in [6.07, 6.45) is -0.300. The van der Waals surface area contributed by atoms with Crippen LogP contribution in [-0.4, -0.2) is 34.9 Å². The Labute approximate surface area is 94.1 Å². The number of aliphatic hydroxyl groups excluding tert-OH is 2. The molecule has 0 aromatic carbocycles. The molecular formula is C11H17FN2O2. The fraction of sp³-hybridized carbons (Fsp3) is 0.545. The van der Waals surface area contributed by atoms with E-state index in [1.807, 2.05) is 0 Å². The maximum atomic E-state index is 13.1. The quantitative estimate of drug-likeness (QED) is 0.643. The number of halogens is 1. The highest BCUT2D eigenvalue weighted by Gasteiger charge is 2.20. The van der Waals surface area contributed by atoms with Gasteiger partial charge in [0.25, 0.3) is 0 Å². The van der Waals surface area contributed by atoms with E-state index in [2.05, 4.69) is 10.3 Å². The van der Waals surface area contributed by atoms with Crippen LogP contribution in [0.15, 0.2) is 12.3 Å².